The van der Waals surface area contributed by atoms with Gasteiger partial charge in [0.25, 0.3) is 5.91 Å². The Kier molecular flexibility index (Phi) is 7.56. The first-order chi connectivity index (χ1) is 17.5. The number of hydrogen-bond donors (Lipinski definition) is 0. The molecule has 1 saturated carbocycles. The Hall–Kier alpha value is -2.92. The maximum absolute atomic E-state index is 13.8. The summed E-state index contributed by atoms with van der Waals surface area (Å²) in [4.78, 5) is 18.5. The fourth-order valence-corrected chi connectivity index (χ4v) is 6.32. The summed E-state index contributed by atoms with van der Waals surface area (Å²) in [7, 11) is 2.11. The maximum Gasteiger partial charge on any atom is 0.254 e. The summed E-state index contributed by atoms with van der Waals surface area (Å²) in [5.74, 6) is 0.463. The van der Waals surface area contributed by atoms with E-state index in [1.807, 2.05) is 0 Å². The highest BCUT2D eigenvalue weighted by Crippen LogP contribution is 2.37. The van der Waals surface area contributed by atoms with Crippen LogP contribution in [0.3, 0.4) is 0 Å². The van der Waals surface area contributed by atoms with Crippen molar-refractivity contribution < 1.29 is 9.18 Å². The van der Waals surface area contributed by atoms with E-state index >= 15 is 0 Å². The molecule has 5 rings (SSSR count). The molecule has 0 radical (unpaired) electrons. The van der Waals surface area contributed by atoms with Crippen molar-refractivity contribution in [3.05, 3.63) is 95.1 Å². The van der Waals surface area contributed by atoms with Crippen molar-refractivity contribution in [3.63, 3.8) is 0 Å². The topological polar surface area (TPSA) is 28.5 Å². The van der Waals surface area contributed by atoms with Gasteiger partial charge in [0.15, 0.2) is 0 Å². The fourth-order valence-electron chi connectivity index (χ4n) is 6.32. The van der Waals surface area contributed by atoms with Crippen LogP contribution in [0.2, 0.25) is 0 Å². The van der Waals surface area contributed by atoms with Crippen molar-refractivity contribution in [3.8, 4) is 0 Å². The van der Waals surface area contributed by atoms with Crippen LogP contribution >= 0.6 is 0 Å². The van der Waals surface area contributed by atoms with Gasteiger partial charge in [-0.05, 0) is 73.2 Å². The minimum absolute atomic E-state index is 0.0475. The van der Waals surface area contributed by atoms with Crippen LogP contribution in [0.1, 0.15) is 65.2 Å². The molecule has 1 amide bonds. The third-order valence-corrected chi connectivity index (χ3v) is 8.34. The summed E-state index contributed by atoms with van der Waals surface area (Å²) in [6.45, 7) is 5.81. The predicted octanol–water partition coefficient (Wildman–Crippen LogP) is 6.16. The molecule has 0 spiro atoms. The molecule has 2 fully saturated rings. The summed E-state index contributed by atoms with van der Waals surface area (Å²) in [6, 6.07) is 19.4. The Balaban J connectivity index is 1.43. The van der Waals surface area contributed by atoms with E-state index in [1.165, 1.54) is 48.2 Å². The number of aryl methyl sites for hydroxylation is 2. The lowest BCUT2D eigenvalue weighted by atomic mass is 9.85. The van der Waals surface area contributed by atoms with Gasteiger partial charge in [-0.25, -0.2) is 4.39 Å². The average molecular weight is 488 g/mol. The number of halogens is 1. The second-order valence-corrected chi connectivity index (χ2v) is 10.8. The monoisotopic (exact) mass is 487 g/mol. The zero-order valence-corrected chi connectivity index (χ0v) is 21.6. The number of hydrogen-bond acceptors (Lipinski definition) is 2. The smallest absolute Gasteiger partial charge is 0.254 e. The lowest BCUT2D eigenvalue weighted by molar-refractivity contribution is 0.0587. The number of aromatic nitrogens is 1. The quantitative estimate of drug-likeness (QED) is 0.399. The zero-order chi connectivity index (χ0) is 25.1. The molecule has 190 valence electrons. The highest BCUT2D eigenvalue weighted by molar-refractivity contribution is 5.94. The SMILES string of the molecule is Cc1ccccc1[C@H]1CN(Cc2cccn2C)C[C@H]1CN(C(=O)c1ccc(F)cc1)C1CCCCC1. The lowest BCUT2D eigenvalue weighted by Crippen LogP contribution is -2.45. The van der Waals surface area contributed by atoms with Crippen molar-refractivity contribution in [2.45, 2.75) is 57.5 Å². The molecule has 4 nitrogen and oxygen atoms in total. The first kappa shape index (κ1) is 24.8. The molecule has 2 atom stereocenters. The predicted molar refractivity (Wildman–Crippen MR) is 142 cm³/mol. The highest BCUT2D eigenvalue weighted by Gasteiger charge is 2.38. The molecule has 1 aliphatic heterocycles. The van der Waals surface area contributed by atoms with E-state index in [1.54, 1.807) is 12.1 Å². The van der Waals surface area contributed by atoms with Crippen LogP contribution in [0.25, 0.3) is 0 Å². The first-order valence-electron chi connectivity index (χ1n) is 13.4. The van der Waals surface area contributed by atoms with Crippen molar-refractivity contribution in [1.82, 2.24) is 14.4 Å². The third kappa shape index (κ3) is 5.41. The van der Waals surface area contributed by atoms with Crippen LogP contribution in [0, 0.1) is 18.7 Å². The number of carbonyl (C=O) groups is 1. The van der Waals surface area contributed by atoms with Gasteiger partial charge in [0.1, 0.15) is 5.82 Å². The Labute approximate surface area is 214 Å². The third-order valence-electron chi connectivity index (χ3n) is 8.34. The van der Waals surface area contributed by atoms with Crippen LogP contribution in [0.15, 0.2) is 66.9 Å². The second kappa shape index (κ2) is 11.0. The molecule has 0 unspecified atom stereocenters. The average Bonchev–Trinajstić information content (AvgIpc) is 3.49. The molecule has 0 bridgehead atoms. The molecule has 1 aliphatic carbocycles. The van der Waals surface area contributed by atoms with E-state index in [-0.39, 0.29) is 17.8 Å². The number of benzene rings is 2. The molecule has 2 heterocycles. The van der Waals surface area contributed by atoms with E-state index in [9.17, 15) is 9.18 Å². The van der Waals surface area contributed by atoms with Crippen molar-refractivity contribution >= 4 is 5.91 Å². The Morgan fingerprint density at radius 1 is 0.972 bits per heavy atom. The number of amides is 1. The standard InChI is InChI=1S/C31H38FN3O/c1-23-9-6-7-13-29(23)30-22-34(21-28-12-8-18-33(28)2)19-25(30)20-35(27-10-4-3-5-11-27)31(36)24-14-16-26(32)17-15-24/h6-9,12-18,25,27,30H,3-5,10-11,19-22H2,1-2H3/t25-,30-/m0/s1. The first-order valence-corrected chi connectivity index (χ1v) is 13.4. The molecule has 2 aliphatic rings. The van der Waals surface area contributed by atoms with E-state index < -0.39 is 0 Å². The van der Waals surface area contributed by atoms with Gasteiger partial charge in [-0.1, -0.05) is 43.5 Å². The maximum atomic E-state index is 13.8. The number of carbonyl (C=O) groups excluding carboxylic acids is 1. The summed E-state index contributed by atoms with van der Waals surface area (Å²) in [5.41, 5.74) is 4.62. The summed E-state index contributed by atoms with van der Waals surface area (Å²) in [6.07, 6.45) is 7.80. The number of nitrogens with zero attached hydrogens (tertiary/aromatic N) is 3. The Bertz CT molecular complexity index is 1160. The van der Waals surface area contributed by atoms with Gasteiger partial charge in [0, 0.05) is 62.6 Å². The molecule has 1 aromatic heterocycles. The van der Waals surface area contributed by atoms with Gasteiger partial charge in [-0.15, -0.1) is 0 Å². The van der Waals surface area contributed by atoms with E-state index in [0.29, 0.717) is 17.4 Å². The molecular weight excluding hydrogens is 449 g/mol. The molecule has 3 aromatic rings. The molecule has 36 heavy (non-hydrogen) atoms. The van der Waals surface area contributed by atoms with Crippen molar-refractivity contribution in [1.29, 1.82) is 0 Å². The summed E-state index contributed by atoms with van der Waals surface area (Å²) < 4.78 is 15.8. The van der Waals surface area contributed by atoms with Crippen LogP contribution in [-0.4, -0.2) is 46.0 Å². The van der Waals surface area contributed by atoms with E-state index in [4.69, 9.17) is 0 Å². The summed E-state index contributed by atoms with van der Waals surface area (Å²) in [5, 5.41) is 0. The van der Waals surface area contributed by atoms with Gasteiger partial charge < -0.3 is 9.47 Å². The molecule has 0 N–H and O–H groups in total. The van der Waals surface area contributed by atoms with E-state index in [0.717, 1.165) is 39.0 Å². The van der Waals surface area contributed by atoms with E-state index in [2.05, 4.69) is 70.9 Å². The molecule has 2 aromatic carbocycles. The van der Waals surface area contributed by atoms with Crippen LogP contribution < -0.4 is 0 Å². The zero-order valence-electron chi connectivity index (χ0n) is 21.6. The van der Waals surface area contributed by atoms with Gasteiger partial charge in [0.2, 0.25) is 0 Å². The van der Waals surface area contributed by atoms with Gasteiger partial charge in [-0.3, -0.25) is 9.69 Å². The van der Waals surface area contributed by atoms with Crippen LogP contribution in [-0.2, 0) is 13.6 Å². The minimum atomic E-state index is -0.303. The summed E-state index contributed by atoms with van der Waals surface area (Å²) >= 11 is 0. The van der Waals surface area contributed by atoms with Crippen molar-refractivity contribution in [2.75, 3.05) is 19.6 Å². The minimum Gasteiger partial charge on any atom is -0.353 e. The number of rotatable bonds is 7. The molecule has 5 heteroatoms. The van der Waals surface area contributed by atoms with Gasteiger partial charge >= 0.3 is 0 Å². The second-order valence-electron chi connectivity index (χ2n) is 10.8. The Morgan fingerprint density at radius 3 is 2.42 bits per heavy atom. The van der Waals surface area contributed by atoms with Crippen molar-refractivity contribution in [2.24, 2.45) is 13.0 Å². The van der Waals surface area contributed by atoms with Crippen LogP contribution in [0.4, 0.5) is 4.39 Å². The van der Waals surface area contributed by atoms with Gasteiger partial charge in [-0.2, -0.15) is 0 Å². The van der Waals surface area contributed by atoms with Crippen LogP contribution in [0.5, 0.6) is 0 Å². The number of likely N-dealkylation sites (tertiary alicyclic amines) is 1. The highest BCUT2D eigenvalue weighted by atomic mass is 19.1. The fraction of sp³-hybridized carbons (Fsp3) is 0.452. The molecule has 1 saturated heterocycles. The lowest BCUT2D eigenvalue weighted by Gasteiger charge is -2.37. The Morgan fingerprint density at radius 2 is 1.72 bits per heavy atom. The largest absolute Gasteiger partial charge is 0.353 e. The van der Waals surface area contributed by atoms with Gasteiger partial charge in [0.05, 0.1) is 0 Å². The molecular formula is C31H38FN3O. The normalized spacial score (nSPS) is 21.1.